The van der Waals surface area contributed by atoms with Crippen molar-refractivity contribution in [2.75, 3.05) is 13.2 Å². The Balaban J connectivity index is 1.65. The van der Waals surface area contributed by atoms with Gasteiger partial charge in [-0.05, 0) is 69.1 Å². The molecule has 1 heteroatoms. The lowest BCUT2D eigenvalue weighted by Crippen LogP contribution is -2.27. The van der Waals surface area contributed by atoms with Crippen LogP contribution in [0.3, 0.4) is 0 Å². The van der Waals surface area contributed by atoms with Crippen molar-refractivity contribution in [3.63, 3.8) is 0 Å². The molecule has 0 amide bonds. The lowest BCUT2D eigenvalue weighted by molar-refractivity contribution is 0.0710. The van der Waals surface area contributed by atoms with Crippen LogP contribution in [0.15, 0.2) is 0 Å². The summed E-state index contributed by atoms with van der Waals surface area (Å²) in [6.45, 7) is 6.36. The van der Waals surface area contributed by atoms with Gasteiger partial charge in [-0.1, -0.05) is 32.6 Å². The maximum absolute atomic E-state index is 5.59. The highest BCUT2D eigenvalue weighted by Gasteiger charge is 2.30. The molecule has 19 heavy (non-hydrogen) atoms. The van der Waals surface area contributed by atoms with E-state index < -0.39 is 0 Å². The predicted molar refractivity (Wildman–Crippen MR) is 82.3 cm³/mol. The topological polar surface area (TPSA) is 9.23 Å². The SMILES string of the molecule is CCCC1CCC(C2CCC(COCC)CC2)CC1. The minimum absolute atomic E-state index is 0.868. The van der Waals surface area contributed by atoms with Crippen molar-refractivity contribution in [3.8, 4) is 0 Å². The summed E-state index contributed by atoms with van der Waals surface area (Å²) in [5.41, 5.74) is 0. The predicted octanol–water partition coefficient (Wildman–Crippen LogP) is 5.44. The van der Waals surface area contributed by atoms with Crippen molar-refractivity contribution >= 4 is 0 Å². The number of rotatable bonds is 6. The fourth-order valence-corrected chi connectivity index (χ4v) is 4.47. The summed E-state index contributed by atoms with van der Waals surface area (Å²) in [5, 5.41) is 0. The van der Waals surface area contributed by atoms with E-state index in [4.69, 9.17) is 4.74 Å². The molecule has 2 saturated carbocycles. The van der Waals surface area contributed by atoms with E-state index in [0.717, 1.165) is 36.9 Å². The Labute approximate surface area is 120 Å². The van der Waals surface area contributed by atoms with E-state index in [1.165, 1.54) is 64.2 Å². The molecule has 2 fully saturated rings. The lowest BCUT2D eigenvalue weighted by atomic mass is 9.69. The van der Waals surface area contributed by atoms with Crippen LogP contribution in [0.4, 0.5) is 0 Å². The molecule has 0 spiro atoms. The van der Waals surface area contributed by atoms with E-state index in [1.807, 2.05) is 0 Å². The van der Waals surface area contributed by atoms with Crippen LogP contribution in [0.2, 0.25) is 0 Å². The molecule has 0 atom stereocenters. The Kier molecular flexibility index (Phi) is 6.70. The van der Waals surface area contributed by atoms with Gasteiger partial charge in [-0.2, -0.15) is 0 Å². The van der Waals surface area contributed by atoms with Crippen LogP contribution < -0.4 is 0 Å². The lowest BCUT2D eigenvalue weighted by Gasteiger charge is -2.37. The fraction of sp³-hybridized carbons (Fsp3) is 1.00. The van der Waals surface area contributed by atoms with E-state index >= 15 is 0 Å². The molecule has 2 rings (SSSR count). The van der Waals surface area contributed by atoms with Crippen molar-refractivity contribution in [1.29, 1.82) is 0 Å². The third-order valence-corrected chi connectivity index (χ3v) is 5.70. The van der Waals surface area contributed by atoms with Gasteiger partial charge >= 0.3 is 0 Å². The summed E-state index contributed by atoms with van der Waals surface area (Å²) in [7, 11) is 0. The van der Waals surface area contributed by atoms with Crippen LogP contribution in [0, 0.1) is 23.7 Å². The minimum Gasteiger partial charge on any atom is -0.381 e. The molecule has 0 N–H and O–H groups in total. The molecule has 112 valence electrons. The van der Waals surface area contributed by atoms with Gasteiger partial charge in [-0.25, -0.2) is 0 Å². The van der Waals surface area contributed by atoms with Crippen molar-refractivity contribution in [3.05, 3.63) is 0 Å². The molecule has 0 radical (unpaired) electrons. The summed E-state index contributed by atoms with van der Waals surface area (Å²) in [5.74, 6) is 4.06. The number of hydrogen-bond acceptors (Lipinski definition) is 1. The first kappa shape index (κ1) is 15.4. The standard InChI is InChI=1S/C18H34O/c1-3-5-15-6-10-17(11-7-15)18-12-8-16(9-13-18)14-19-4-2/h15-18H,3-14H2,1-2H3. The zero-order valence-electron chi connectivity index (χ0n) is 13.2. The second-order valence-electron chi connectivity index (χ2n) is 7.01. The molecule has 0 aromatic heterocycles. The Hall–Kier alpha value is -0.0400. The van der Waals surface area contributed by atoms with Crippen molar-refractivity contribution in [2.24, 2.45) is 23.7 Å². The summed E-state index contributed by atoms with van der Waals surface area (Å²) in [6, 6.07) is 0. The Morgan fingerprint density at radius 2 is 1.26 bits per heavy atom. The first-order chi connectivity index (χ1) is 9.33. The monoisotopic (exact) mass is 266 g/mol. The Morgan fingerprint density at radius 1 is 0.737 bits per heavy atom. The molecule has 0 heterocycles. The molecular formula is C18H34O. The maximum atomic E-state index is 5.59. The third-order valence-electron chi connectivity index (χ3n) is 5.70. The minimum atomic E-state index is 0.868. The van der Waals surface area contributed by atoms with E-state index in [2.05, 4.69) is 13.8 Å². The maximum Gasteiger partial charge on any atom is 0.0494 e. The second-order valence-corrected chi connectivity index (χ2v) is 7.01. The van der Waals surface area contributed by atoms with Crippen LogP contribution in [0.25, 0.3) is 0 Å². The molecule has 0 unspecified atom stereocenters. The van der Waals surface area contributed by atoms with E-state index in [-0.39, 0.29) is 0 Å². The Morgan fingerprint density at radius 3 is 1.74 bits per heavy atom. The molecule has 2 aliphatic rings. The smallest absolute Gasteiger partial charge is 0.0494 e. The second kappa shape index (κ2) is 8.29. The highest BCUT2D eigenvalue weighted by molar-refractivity contribution is 4.81. The number of hydrogen-bond donors (Lipinski definition) is 0. The molecule has 0 aliphatic heterocycles. The summed E-state index contributed by atoms with van der Waals surface area (Å²) in [6.07, 6.45) is 14.8. The third kappa shape index (κ3) is 4.77. The molecule has 1 nitrogen and oxygen atoms in total. The van der Waals surface area contributed by atoms with Crippen molar-refractivity contribution in [2.45, 2.75) is 78.1 Å². The first-order valence-corrected chi connectivity index (χ1v) is 8.91. The highest BCUT2D eigenvalue weighted by Crippen LogP contribution is 2.42. The van der Waals surface area contributed by atoms with Crippen LogP contribution in [0.1, 0.15) is 78.1 Å². The van der Waals surface area contributed by atoms with Crippen LogP contribution >= 0.6 is 0 Å². The molecule has 0 saturated heterocycles. The van der Waals surface area contributed by atoms with Gasteiger partial charge in [0.25, 0.3) is 0 Å². The zero-order valence-corrected chi connectivity index (χ0v) is 13.2. The van der Waals surface area contributed by atoms with Crippen molar-refractivity contribution in [1.82, 2.24) is 0 Å². The van der Waals surface area contributed by atoms with Crippen LogP contribution in [-0.4, -0.2) is 13.2 Å². The average Bonchev–Trinajstić information content (AvgIpc) is 2.47. The van der Waals surface area contributed by atoms with Crippen LogP contribution in [0.5, 0.6) is 0 Å². The van der Waals surface area contributed by atoms with E-state index in [1.54, 1.807) is 0 Å². The fourth-order valence-electron chi connectivity index (χ4n) is 4.47. The van der Waals surface area contributed by atoms with Gasteiger partial charge in [0.05, 0.1) is 0 Å². The van der Waals surface area contributed by atoms with Gasteiger partial charge < -0.3 is 4.74 Å². The molecule has 2 aliphatic carbocycles. The van der Waals surface area contributed by atoms with E-state index in [9.17, 15) is 0 Å². The molecule has 0 aromatic carbocycles. The normalized spacial score (nSPS) is 36.3. The highest BCUT2D eigenvalue weighted by atomic mass is 16.5. The van der Waals surface area contributed by atoms with Gasteiger partial charge in [-0.15, -0.1) is 0 Å². The molecule has 0 aromatic rings. The van der Waals surface area contributed by atoms with Crippen LogP contribution in [-0.2, 0) is 4.74 Å². The van der Waals surface area contributed by atoms with Gasteiger partial charge in [0.2, 0.25) is 0 Å². The average molecular weight is 266 g/mol. The zero-order chi connectivity index (χ0) is 13.5. The summed E-state index contributed by atoms with van der Waals surface area (Å²) < 4.78 is 5.59. The summed E-state index contributed by atoms with van der Waals surface area (Å²) in [4.78, 5) is 0. The quantitative estimate of drug-likeness (QED) is 0.622. The van der Waals surface area contributed by atoms with Gasteiger partial charge in [0, 0.05) is 13.2 Å². The van der Waals surface area contributed by atoms with Gasteiger partial charge in [-0.3, -0.25) is 0 Å². The largest absolute Gasteiger partial charge is 0.381 e. The van der Waals surface area contributed by atoms with E-state index in [0.29, 0.717) is 0 Å². The summed E-state index contributed by atoms with van der Waals surface area (Å²) >= 11 is 0. The Bertz CT molecular complexity index is 222. The first-order valence-electron chi connectivity index (χ1n) is 8.91. The number of ether oxygens (including phenoxy) is 1. The van der Waals surface area contributed by atoms with Gasteiger partial charge in [0.15, 0.2) is 0 Å². The van der Waals surface area contributed by atoms with Gasteiger partial charge in [0.1, 0.15) is 0 Å². The van der Waals surface area contributed by atoms with Crippen molar-refractivity contribution < 1.29 is 4.74 Å². The molecular weight excluding hydrogens is 232 g/mol. The molecule has 0 bridgehead atoms.